The van der Waals surface area contributed by atoms with Crippen LogP contribution in [0, 0.1) is 0 Å². The van der Waals surface area contributed by atoms with Crippen molar-refractivity contribution >= 4 is 34.6 Å². The molecule has 166 valence electrons. The molecule has 0 saturated carbocycles. The second kappa shape index (κ2) is 10.1. The Bertz CT molecular complexity index is 1200. The van der Waals surface area contributed by atoms with Gasteiger partial charge >= 0.3 is 6.03 Å². The number of carbonyl (C=O) groups excluding carboxylic acids is 2. The highest BCUT2D eigenvalue weighted by atomic mass is 32.1. The zero-order chi connectivity index (χ0) is 23.2. The Balaban J connectivity index is 1.56. The van der Waals surface area contributed by atoms with Gasteiger partial charge in [0.25, 0.3) is 5.91 Å². The summed E-state index contributed by atoms with van der Waals surface area (Å²) >= 11 is 1.29. The van der Waals surface area contributed by atoms with Crippen LogP contribution in [-0.2, 0) is 6.54 Å². The maximum absolute atomic E-state index is 13.5. The summed E-state index contributed by atoms with van der Waals surface area (Å²) in [6.07, 6.45) is 0. The summed E-state index contributed by atoms with van der Waals surface area (Å²) in [5.74, 6) is -0.533. The summed E-state index contributed by atoms with van der Waals surface area (Å²) in [6.45, 7) is 0.415. The van der Waals surface area contributed by atoms with Crippen molar-refractivity contribution in [2.45, 2.75) is 6.54 Å². The first-order chi connectivity index (χ1) is 16.1. The summed E-state index contributed by atoms with van der Waals surface area (Å²) < 4.78 is 0. The van der Waals surface area contributed by atoms with E-state index in [1.54, 1.807) is 28.4 Å². The van der Waals surface area contributed by atoms with Gasteiger partial charge in [0.1, 0.15) is 0 Å². The number of thiophene rings is 1. The lowest BCUT2D eigenvalue weighted by atomic mass is 10.1. The number of nitrogens with zero attached hydrogens (tertiary/aromatic N) is 2. The number of urea groups is 1. The molecule has 3 aromatic carbocycles. The van der Waals surface area contributed by atoms with Crippen LogP contribution in [0.5, 0.6) is 0 Å². The van der Waals surface area contributed by atoms with Gasteiger partial charge in [0.05, 0.1) is 16.3 Å². The van der Waals surface area contributed by atoms with Gasteiger partial charge in [-0.3, -0.25) is 14.9 Å². The Kier molecular flexibility index (Phi) is 6.83. The van der Waals surface area contributed by atoms with Crippen LogP contribution in [0.3, 0.4) is 0 Å². The number of hydrogen-bond donors (Lipinski definition) is 2. The molecule has 33 heavy (non-hydrogen) atoms. The van der Waals surface area contributed by atoms with Crippen LogP contribution in [0.15, 0.2) is 97.1 Å². The number of benzene rings is 3. The predicted molar refractivity (Wildman–Crippen MR) is 131 cm³/mol. The molecular formula is C26H23N3O3S. The molecule has 4 rings (SSSR count). The highest BCUT2D eigenvalue weighted by Gasteiger charge is 2.22. The monoisotopic (exact) mass is 457 g/mol. The molecule has 1 heterocycles. The molecule has 0 aliphatic heterocycles. The van der Waals surface area contributed by atoms with E-state index in [9.17, 15) is 9.59 Å². The van der Waals surface area contributed by atoms with Crippen LogP contribution in [0.1, 0.15) is 15.2 Å². The third kappa shape index (κ3) is 5.11. The Hall–Kier alpha value is -3.94. The quantitative estimate of drug-likeness (QED) is 0.279. The number of amides is 3. The average Bonchev–Trinajstić information content (AvgIpc) is 3.36. The molecule has 0 aliphatic carbocycles. The zero-order valence-electron chi connectivity index (χ0n) is 18.0. The summed E-state index contributed by atoms with van der Waals surface area (Å²) in [5.41, 5.74) is 5.15. The van der Waals surface area contributed by atoms with Crippen LogP contribution in [0.2, 0.25) is 0 Å². The second-order valence-electron chi connectivity index (χ2n) is 7.45. The highest BCUT2D eigenvalue weighted by Crippen LogP contribution is 2.30. The van der Waals surface area contributed by atoms with Gasteiger partial charge in [-0.25, -0.2) is 10.3 Å². The third-order valence-corrected chi connectivity index (χ3v) is 6.24. The van der Waals surface area contributed by atoms with Crippen molar-refractivity contribution in [1.29, 1.82) is 0 Å². The minimum absolute atomic E-state index is 0.143. The van der Waals surface area contributed by atoms with E-state index in [1.807, 2.05) is 91.0 Å². The SMILES string of the molecule is CN(Cc1cccc(-c2ccc(C(=O)NO)s2)c1)C(=O)N(c1ccccc1)c1ccccc1. The van der Waals surface area contributed by atoms with Gasteiger partial charge in [-0.2, -0.15) is 0 Å². The van der Waals surface area contributed by atoms with Crippen molar-refractivity contribution in [3.63, 3.8) is 0 Å². The third-order valence-electron chi connectivity index (χ3n) is 5.11. The number of hydroxylamine groups is 1. The fraction of sp³-hybridized carbons (Fsp3) is 0.0769. The first-order valence-electron chi connectivity index (χ1n) is 10.4. The van der Waals surface area contributed by atoms with Gasteiger partial charge < -0.3 is 4.90 Å². The van der Waals surface area contributed by atoms with Gasteiger partial charge in [-0.1, -0.05) is 54.6 Å². The van der Waals surface area contributed by atoms with E-state index < -0.39 is 5.91 Å². The summed E-state index contributed by atoms with van der Waals surface area (Å²) in [7, 11) is 1.78. The first-order valence-corrected chi connectivity index (χ1v) is 11.2. The molecule has 0 atom stereocenters. The number of rotatable bonds is 6. The van der Waals surface area contributed by atoms with Crippen molar-refractivity contribution in [2.75, 3.05) is 11.9 Å². The standard InChI is InChI=1S/C26H23N3O3S/c1-28(26(31)29(21-11-4-2-5-12-21)22-13-6-3-7-14-22)18-19-9-8-10-20(17-19)23-15-16-24(33-23)25(30)27-32/h2-17,32H,18H2,1H3,(H,27,30). The molecular weight excluding hydrogens is 434 g/mol. The van der Waals surface area contributed by atoms with Gasteiger partial charge in [0, 0.05) is 18.5 Å². The van der Waals surface area contributed by atoms with Crippen molar-refractivity contribution in [3.05, 3.63) is 108 Å². The minimum Gasteiger partial charge on any atom is -0.323 e. The van der Waals surface area contributed by atoms with Crippen molar-refractivity contribution in [1.82, 2.24) is 10.4 Å². The zero-order valence-corrected chi connectivity index (χ0v) is 18.8. The van der Waals surface area contributed by atoms with Crippen LogP contribution in [0.4, 0.5) is 16.2 Å². The molecule has 0 spiro atoms. The van der Waals surface area contributed by atoms with E-state index >= 15 is 0 Å². The molecule has 0 saturated heterocycles. The molecule has 6 nitrogen and oxygen atoms in total. The number of hydrogen-bond acceptors (Lipinski definition) is 4. The fourth-order valence-corrected chi connectivity index (χ4v) is 4.42. The van der Waals surface area contributed by atoms with E-state index in [1.165, 1.54) is 11.3 Å². The van der Waals surface area contributed by atoms with E-state index in [2.05, 4.69) is 0 Å². The number of carbonyl (C=O) groups is 2. The van der Waals surface area contributed by atoms with Crippen molar-refractivity contribution in [2.24, 2.45) is 0 Å². The molecule has 0 bridgehead atoms. The average molecular weight is 458 g/mol. The maximum atomic E-state index is 13.5. The molecule has 0 unspecified atom stereocenters. The second-order valence-corrected chi connectivity index (χ2v) is 8.53. The normalized spacial score (nSPS) is 10.5. The van der Waals surface area contributed by atoms with Crippen LogP contribution < -0.4 is 10.4 Å². The highest BCUT2D eigenvalue weighted by molar-refractivity contribution is 7.17. The number of nitrogens with one attached hydrogen (secondary N) is 1. The Morgan fingerprint density at radius 1 is 0.848 bits per heavy atom. The summed E-state index contributed by atoms with van der Waals surface area (Å²) in [5, 5.41) is 8.84. The molecule has 2 N–H and O–H groups in total. The van der Waals surface area contributed by atoms with Gasteiger partial charge in [0.2, 0.25) is 0 Å². The largest absolute Gasteiger partial charge is 0.329 e. The van der Waals surface area contributed by atoms with Crippen molar-refractivity contribution < 1.29 is 14.8 Å². The lowest BCUT2D eigenvalue weighted by Crippen LogP contribution is -2.38. The Morgan fingerprint density at radius 2 is 1.48 bits per heavy atom. The minimum atomic E-state index is -0.533. The van der Waals surface area contributed by atoms with Crippen LogP contribution in [-0.4, -0.2) is 29.1 Å². The molecule has 4 aromatic rings. The molecule has 3 amide bonds. The Morgan fingerprint density at radius 3 is 2.09 bits per heavy atom. The molecule has 7 heteroatoms. The van der Waals surface area contributed by atoms with Gasteiger partial charge in [-0.05, 0) is 53.6 Å². The topological polar surface area (TPSA) is 72.9 Å². The molecule has 0 radical (unpaired) electrons. The van der Waals surface area contributed by atoms with Gasteiger partial charge in [0.15, 0.2) is 0 Å². The number of para-hydroxylation sites is 2. The summed E-state index contributed by atoms with van der Waals surface area (Å²) in [6, 6.07) is 30.4. The summed E-state index contributed by atoms with van der Waals surface area (Å²) in [4.78, 5) is 29.8. The number of anilines is 2. The lowest BCUT2D eigenvalue weighted by Gasteiger charge is -2.28. The Labute approximate surface area is 196 Å². The molecule has 1 aromatic heterocycles. The maximum Gasteiger partial charge on any atom is 0.329 e. The lowest BCUT2D eigenvalue weighted by molar-refractivity contribution is 0.0711. The van der Waals surface area contributed by atoms with Crippen LogP contribution in [0.25, 0.3) is 10.4 Å². The van der Waals surface area contributed by atoms with E-state index in [-0.39, 0.29) is 6.03 Å². The van der Waals surface area contributed by atoms with Crippen LogP contribution >= 0.6 is 11.3 Å². The van der Waals surface area contributed by atoms with Crippen molar-refractivity contribution in [3.8, 4) is 10.4 Å². The van der Waals surface area contributed by atoms with Gasteiger partial charge in [-0.15, -0.1) is 11.3 Å². The molecule has 0 aliphatic rings. The van der Waals surface area contributed by atoms with E-state index in [4.69, 9.17) is 5.21 Å². The fourth-order valence-electron chi connectivity index (χ4n) is 3.53. The first kappa shape index (κ1) is 22.3. The smallest absolute Gasteiger partial charge is 0.323 e. The molecule has 0 fully saturated rings. The van der Waals surface area contributed by atoms with E-state index in [0.29, 0.717) is 11.4 Å². The van der Waals surface area contributed by atoms with E-state index in [0.717, 1.165) is 27.4 Å². The predicted octanol–water partition coefficient (Wildman–Crippen LogP) is 5.92.